The van der Waals surface area contributed by atoms with E-state index in [4.69, 9.17) is 33.0 Å². The van der Waals surface area contributed by atoms with Crippen LogP contribution in [0.3, 0.4) is 0 Å². The summed E-state index contributed by atoms with van der Waals surface area (Å²) in [6.07, 6.45) is 4.28. The summed E-state index contributed by atoms with van der Waals surface area (Å²) in [7, 11) is 3.49. The maximum atomic E-state index is 13.5. The lowest BCUT2D eigenvalue weighted by Gasteiger charge is -2.23. The number of likely N-dealkylation sites (tertiary alicyclic amines) is 1. The van der Waals surface area contributed by atoms with E-state index in [0.717, 1.165) is 20.8 Å². The Labute approximate surface area is 250 Å². The van der Waals surface area contributed by atoms with E-state index in [9.17, 15) is 14.4 Å². The minimum absolute atomic E-state index is 0.000281. The zero-order valence-corrected chi connectivity index (χ0v) is 24.7. The quantitative estimate of drug-likeness (QED) is 0.248. The molecular formula is C29H28Cl2N4O5S. The molecule has 0 bridgehead atoms. The van der Waals surface area contributed by atoms with Crippen LogP contribution in [0, 0.1) is 0 Å². The number of para-hydroxylation sites is 1. The fourth-order valence-corrected chi connectivity index (χ4v) is 6.60. The molecule has 2 atom stereocenters. The number of ether oxygens (including phenoxy) is 1. The van der Waals surface area contributed by atoms with E-state index in [0.29, 0.717) is 41.2 Å². The van der Waals surface area contributed by atoms with Crippen molar-refractivity contribution in [3.63, 3.8) is 0 Å². The number of aliphatic carboxylic acids is 1. The third-order valence-corrected chi connectivity index (χ3v) is 9.05. The summed E-state index contributed by atoms with van der Waals surface area (Å²) in [4.78, 5) is 44.6. The number of aryl methyl sites for hydroxylation is 2. The topological polar surface area (TPSA) is 114 Å². The van der Waals surface area contributed by atoms with Gasteiger partial charge in [0.25, 0.3) is 5.91 Å². The Kier molecular flexibility index (Phi) is 8.65. The molecule has 2 amide bonds. The molecule has 1 unspecified atom stereocenters. The Morgan fingerprint density at radius 1 is 1.20 bits per heavy atom. The summed E-state index contributed by atoms with van der Waals surface area (Å²) >= 11 is 14.5. The molecule has 41 heavy (non-hydrogen) atoms. The van der Waals surface area contributed by atoms with Gasteiger partial charge in [0.1, 0.15) is 5.01 Å². The van der Waals surface area contributed by atoms with Crippen LogP contribution in [0.4, 0.5) is 5.69 Å². The van der Waals surface area contributed by atoms with E-state index in [2.05, 4.69) is 10.3 Å². The minimum atomic E-state index is -0.869. The van der Waals surface area contributed by atoms with Crippen LogP contribution in [0.15, 0.2) is 48.8 Å². The molecule has 1 saturated heterocycles. The predicted molar refractivity (Wildman–Crippen MR) is 159 cm³/mol. The number of carboxylic acid groups (broad SMARTS) is 1. The number of nitrogens with zero attached hydrogens (tertiary/aromatic N) is 3. The number of hydrogen-bond donors (Lipinski definition) is 2. The van der Waals surface area contributed by atoms with Gasteiger partial charge in [0, 0.05) is 60.3 Å². The molecule has 2 aromatic heterocycles. The van der Waals surface area contributed by atoms with Gasteiger partial charge >= 0.3 is 5.97 Å². The van der Waals surface area contributed by atoms with Crippen LogP contribution in [-0.4, -0.2) is 57.1 Å². The molecule has 5 rings (SSSR count). The number of carbonyl (C=O) groups excluding carboxylic acids is 2. The summed E-state index contributed by atoms with van der Waals surface area (Å²) in [5.41, 5.74) is 2.32. The normalized spacial score (nSPS) is 16.8. The van der Waals surface area contributed by atoms with Gasteiger partial charge in [-0.2, -0.15) is 0 Å². The van der Waals surface area contributed by atoms with E-state index in [1.165, 1.54) is 11.3 Å². The highest BCUT2D eigenvalue weighted by Crippen LogP contribution is 2.37. The number of thiazole rings is 1. The summed E-state index contributed by atoms with van der Waals surface area (Å²) in [6, 6.07) is 10.5. The van der Waals surface area contributed by atoms with E-state index in [-0.39, 0.29) is 41.8 Å². The third kappa shape index (κ3) is 6.25. The first-order valence-electron chi connectivity index (χ1n) is 13.0. The van der Waals surface area contributed by atoms with Crippen molar-refractivity contribution in [1.29, 1.82) is 0 Å². The van der Waals surface area contributed by atoms with E-state index < -0.39 is 5.97 Å². The first-order chi connectivity index (χ1) is 19.6. The van der Waals surface area contributed by atoms with Crippen LogP contribution in [0.5, 0.6) is 0 Å². The standard InChI is InChI=1S/C29H28Cl2N4O5S/c1-34-15-20(19-5-3-4-6-24(19)34)28(39)33-23-12-21(30)16(9-22(23)31)10-26(36)35-14-17(40-2)11-25(35)29-32-13-18(41-29)7-8-27(37)38/h3-6,9,12-13,15,17,25H,7-8,10-11,14H2,1-2H3,(H,33,39)(H,37,38)/t17-,25?/m0/s1. The molecule has 9 nitrogen and oxygen atoms in total. The second kappa shape index (κ2) is 12.2. The van der Waals surface area contributed by atoms with Gasteiger partial charge in [-0.1, -0.05) is 41.4 Å². The Hall–Kier alpha value is -3.44. The minimum Gasteiger partial charge on any atom is -0.481 e. The number of nitrogens with one attached hydrogen (secondary N) is 1. The van der Waals surface area contributed by atoms with Crippen LogP contribution in [0.2, 0.25) is 10.0 Å². The number of benzene rings is 2. The van der Waals surface area contributed by atoms with Gasteiger partial charge < -0.3 is 24.6 Å². The molecule has 0 saturated carbocycles. The van der Waals surface area contributed by atoms with E-state index in [1.54, 1.807) is 36.5 Å². The fraction of sp³-hybridized carbons (Fsp3) is 0.310. The second-order valence-corrected chi connectivity index (χ2v) is 11.9. The lowest BCUT2D eigenvalue weighted by Crippen LogP contribution is -2.33. The van der Waals surface area contributed by atoms with E-state index in [1.807, 2.05) is 35.9 Å². The maximum Gasteiger partial charge on any atom is 0.303 e. The van der Waals surface area contributed by atoms with Gasteiger partial charge in [-0.3, -0.25) is 14.4 Å². The number of rotatable bonds is 9. The van der Waals surface area contributed by atoms with Gasteiger partial charge in [-0.15, -0.1) is 11.3 Å². The fourth-order valence-electron chi connectivity index (χ4n) is 5.10. The van der Waals surface area contributed by atoms with Gasteiger partial charge in [-0.25, -0.2) is 4.98 Å². The first-order valence-corrected chi connectivity index (χ1v) is 14.5. The zero-order chi connectivity index (χ0) is 29.3. The van der Waals surface area contributed by atoms with Crippen molar-refractivity contribution in [1.82, 2.24) is 14.5 Å². The number of hydrogen-bond acceptors (Lipinski definition) is 6. The highest BCUT2D eigenvalue weighted by atomic mass is 35.5. The summed E-state index contributed by atoms with van der Waals surface area (Å²) in [5, 5.41) is 14.0. The number of carbonyl (C=O) groups is 3. The number of aromatic nitrogens is 2. The molecule has 12 heteroatoms. The van der Waals surface area contributed by atoms with Crippen LogP contribution in [0.1, 0.15) is 44.7 Å². The Bertz CT molecular complexity index is 1630. The first kappa shape index (κ1) is 29.1. The van der Waals surface area contributed by atoms with Crippen molar-refractivity contribution < 1.29 is 24.2 Å². The Morgan fingerprint density at radius 2 is 1.98 bits per heavy atom. The number of methoxy groups -OCH3 is 1. The molecule has 2 aromatic carbocycles. The number of fused-ring (bicyclic) bond motifs is 1. The average Bonchev–Trinajstić information content (AvgIpc) is 3.67. The SMILES string of the molecule is CO[C@H]1CC(c2ncc(CCC(=O)O)s2)N(C(=O)Cc2cc(Cl)c(NC(=O)c3cn(C)c4ccccc34)cc2Cl)C1. The van der Waals surface area contributed by atoms with Gasteiger partial charge in [0.2, 0.25) is 5.91 Å². The second-order valence-electron chi connectivity index (χ2n) is 9.94. The number of carboxylic acids is 1. The highest BCUT2D eigenvalue weighted by Gasteiger charge is 2.38. The van der Waals surface area contributed by atoms with Gasteiger partial charge in [0.15, 0.2) is 0 Å². The third-order valence-electron chi connectivity index (χ3n) is 7.23. The van der Waals surface area contributed by atoms with Crippen molar-refractivity contribution in [3.05, 3.63) is 79.8 Å². The predicted octanol–water partition coefficient (Wildman–Crippen LogP) is 5.74. The van der Waals surface area contributed by atoms with Crippen LogP contribution in [0.25, 0.3) is 10.9 Å². The highest BCUT2D eigenvalue weighted by molar-refractivity contribution is 7.11. The molecule has 4 aromatic rings. The molecule has 0 radical (unpaired) electrons. The lowest BCUT2D eigenvalue weighted by molar-refractivity contribution is -0.137. The zero-order valence-electron chi connectivity index (χ0n) is 22.4. The van der Waals surface area contributed by atoms with Gasteiger partial charge in [-0.05, 0) is 30.2 Å². The van der Waals surface area contributed by atoms with Crippen molar-refractivity contribution in [2.45, 2.75) is 37.8 Å². The van der Waals surface area contributed by atoms with Gasteiger partial charge in [0.05, 0.1) is 41.3 Å². The molecule has 3 heterocycles. The Morgan fingerprint density at radius 3 is 2.73 bits per heavy atom. The smallest absolute Gasteiger partial charge is 0.303 e. The molecule has 0 spiro atoms. The monoisotopic (exact) mass is 614 g/mol. The summed E-state index contributed by atoms with van der Waals surface area (Å²) < 4.78 is 7.44. The molecular weight excluding hydrogens is 587 g/mol. The summed E-state index contributed by atoms with van der Waals surface area (Å²) in [6.45, 7) is 0.397. The number of amides is 2. The van der Waals surface area contributed by atoms with Crippen molar-refractivity contribution in [3.8, 4) is 0 Å². The maximum absolute atomic E-state index is 13.5. The Balaban J connectivity index is 1.31. The van der Waals surface area contributed by atoms with Crippen LogP contribution >= 0.6 is 34.5 Å². The molecule has 214 valence electrons. The average molecular weight is 616 g/mol. The molecule has 0 aliphatic carbocycles. The van der Waals surface area contributed by atoms with Crippen molar-refractivity contribution in [2.24, 2.45) is 7.05 Å². The molecule has 1 fully saturated rings. The summed E-state index contributed by atoms with van der Waals surface area (Å²) in [5.74, 6) is -1.35. The van der Waals surface area contributed by atoms with Crippen molar-refractivity contribution >= 4 is 68.9 Å². The number of anilines is 1. The molecule has 1 aliphatic heterocycles. The van der Waals surface area contributed by atoms with Crippen LogP contribution in [-0.2, 0) is 34.2 Å². The van der Waals surface area contributed by atoms with Crippen LogP contribution < -0.4 is 5.32 Å². The molecule has 1 aliphatic rings. The van der Waals surface area contributed by atoms with E-state index >= 15 is 0 Å². The largest absolute Gasteiger partial charge is 0.481 e. The van der Waals surface area contributed by atoms with Crippen molar-refractivity contribution in [2.75, 3.05) is 19.0 Å². The molecule has 2 N–H and O–H groups in total. The lowest BCUT2D eigenvalue weighted by atomic mass is 10.1. The number of halogens is 2.